The lowest BCUT2D eigenvalue weighted by molar-refractivity contribution is 0.102. The summed E-state index contributed by atoms with van der Waals surface area (Å²) < 4.78 is 0. The third-order valence-electron chi connectivity index (χ3n) is 2.63. The second-order valence-corrected chi connectivity index (χ2v) is 5.01. The average molecular weight is 319 g/mol. The van der Waals surface area contributed by atoms with Crippen molar-refractivity contribution in [2.45, 2.75) is 0 Å². The van der Waals surface area contributed by atoms with Crippen LogP contribution in [0.25, 0.3) is 0 Å². The molecule has 0 atom stereocenters. The smallest absolute Gasteiger partial charge is 0.257 e. The number of hydrogen-bond acceptors (Lipinski definition) is 2. The van der Waals surface area contributed by atoms with Crippen molar-refractivity contribution in [1.82, 2.24) is 0 Å². The molecule has 2 rings (SSSR count). The van der Waals surface area contributed by atoms with Crippen LogP contribution < -0.4 is 11.1 Å². The quantitative estimate of drug-likeness (QED) is 0.832. The van der Waals surface area contributed by atoms with Gasteiger partial charge >= 0.3 is 0 Å². The van der Waals surface area contributed by atoms with E-state index in [0.717, 1.165) is 5.56 Å². The number of carbonyl (C=O) groups excluding carboxylic acids is 1. The van der Waals surface area contributed by atoms with Crippen molar-refractivity contribution < 1.29 is 4.79 Å². The van der Waals surface area contributed by atoms with Crippen LogP contribution in [0.15, 0.2) is 42.5 Å². The van der Waals surface area contributed by atoms with Crippen LogP contribution in [0.4, 0.5) is 5.69 Å². The van der Waals surface area contributed by atoms with Crippen molar-refractivity contribution in [2.75, 3.05) is 11.9 Å². The molecule has 106 valence electrons. The number of nitrogens with two attached hydrogens (primary N) is 1. The lowest BCUT2D eigenvalue weighted by atomic mass is 10.1. The van der Waals surface area contributed by atoms with Crippen LogP contribution in [-0.4, -0.2) is 12.5 Å². The summed E-state index contributed by atoms with van der Waals surface area (Å²) in [6, 6.07) is 11.9. The highest BCUT2D eigenvalue weighted by atomic mass is 35.5. The molecule has 0 aliphatic rings. The Morgan fingerprint density at radius 3 is 2.71 bits per heavy atom. The van der Waals surface area contributed by atoms with E-state index in [0.29, 0.717) is 21.3 Å². The van der Waals surface area contributed by atoms with Gasteiger partial charge in [0.05, 0.1) is 17.1 Å². The summed E-state index contributed by atoms with van der Waals surface area (Å²) in [5, 5.41) is 3.56. The minimum absolute atomic E-state index is 0.289. The summed E-state index contributed by atoms with van der Waals surface area (Å²) in [7, 11) is 0. The van der Waals surface area contributed by atoms with Crippen LogP contribution in [0.3, 0.4) is 0 Å². The normalized spacial score (nSPS) is 9.67. The molecule has 0 unspecified atom stereocenters. The molecule has 3 N–H and O–H groups in total. The fourth-order valence-electron chi connectivity index (χ4n) is 1.70. The minimum atomic E-state index is -0.305. The monoisotopic (exact) mass is 318 g/mol. The van der Waals surface area contributed by atoms with Gasteiger partial charge in [-0.3, -0.25) is 4.79 Å². The van der Waals surface area contributed by atoms with Gasteiger partial charge in [-0.2, -0.15) is 0 Å². The molecule has 0 aliphatic carbocycles. The van der Waals surface area contributed by atoms with Crippen LogP contribution in [0.5, 0.6) is 0 Å². The van der Waals surface area contributed by atoms with Gasteiger partial charge in [0.25, 0.3) is 5.91 Å². The van der Waals surface area contributed by atoms with Gasteiger partial charge < -0.3 is 11.1 Å². The van der Waals surface area contributed by atoms with Crippen LogP contribution in [0.2, 0.25) is 10.0 Å². The molecule has 0 saturated heterocycles. The van der Waals surface area contributed by atoms with Crippen molar-refractivity contribution in [3.63, 3.8) is 0 Å². The summed E-state index contributed by atoms with van der Waals surface area (Å²) in [4.78, 5) is 12.2. The molecule has 0 heterocycles. The number of carbonyl (C=O) groups is 1. The van der Waals surface area contributed by atoms with E-state index in [1.807, 2.05) is 6.07 Å². The molecule has 0 aliphatic heterocycles. The van der Waals surface area contributed by atoms with Crippen LogP contribution >= 0.6 is 23.2 Å². The average Bonchev–Trinajstić information content (AvgIpc) is 2.45. The zero-order valence-electron chi connectivity index (χ0n) is 11.0. The zero-order chi connectivity index (χ0) is 15.2. The van der Waals surface area contributed by atoms with Gasteiger partial charge in [0, 0.05) is 16.3 Å². The van der Waals surface area contributed by atoms with Crippen molar-refractivity contribution in [2.24, 2.45) is 5.73 Å². The number of hydrogen-bond donors (Lipinski definition) is 2. The number of nitrogens with one attached hydrogen (secondary N) is 1. The topological polar surface area (TPSA) is 55.1 Å². The van der Waals surface area contributed by atoms with E-state index in [-0.39, 0.29) is 12.5 Å². The molecule has 2 aromatic carbocycles. The van der Waals surface area contributed by atoms with E-state index in [9.17, 15) is 4.79 Å². The summed E-state index contributed by atoms with van der Waals surface area (Å²) in [6.45, 7) is 0.289. The van der Waals surface area contributed by atoms with Gasteiger partial charge in [0.1, 0.15) is 0 Å². The van der Waals surface area contributed by atoms with E-state index in [2.05, 4.69) is 17.2 Å². The first-order chi connectivity index (χ1) is 10.1. The first kappa shape index (κ1) is 15.4. The van der Waals surface area contributed by atoms with Gasteiger partial charge in [-0.15, -0.1) is 0 Å². The third-order valence-corrected chi connectivity index (χ3v) is 3.18. The van der Waals surface area contributed by atoms with Crippen molar-refractivity contribution in [1.29, 1.82) is 0 Å². The number of rotatable bonds is 2. The predicted octanol–water partition coefficient (Wildman–Crippen LogP) is 3.56. The van der Waals surface area contributed by atoms with Crippen LogP contribution in [-0.2, 0) is 0 Å². The SMILES string of the molecule is NCC#Cc1cccc(NC(=O)c2ccc(Cl)cc2Cl)c1. The predicted molar refractivity (Wildman–Crippen MR) is 86.8 cm³/mol. The Kier molecular flexibility index (Phi) is 5.24. The fraction of sp³-hybridized carbons (Fsp3) is 0.0625. The van der Waals surface area contributed by atoms with Gasteiger partial charge in [-0.1, -0.05) is 41.1 Å². The molecule has 0 bridgehead atoms. The molecule has 0 spiro atoms. The van der Waals surface area contributed by atoms with Gasteiger partial charge in [-0.25, -0.2) is 0 Å². The summed E-state index contributed by atoms with van der Waals surface area (Å²) >= 11 is 11.8. The highest BCUT2D eigenvalue weighted by molar-refractivity contribution is 6.37. The molecule has 0 aromatic heterocycles. The Morgan fingerprint density at radius 1 is 1.19 bits per heavy atom. The maximum absolute atomic E-state index is 12.2. The highest BCUT2D eigenvalue weighted by Gasteiger charge is 2.11. The second kappa shape index (κ2) is 7.14. The van der Waals surface area contributed by atoms with Gasteiger partial charge in [0.2, 0.25) is 0 Å². The number of amides is 1. The van der Waals surface area contributed by atoms with Crippen LogP contribution in [0, 0.1) is 11.8 Å². The van der Waals surface area contributed by atoms with E-state index in [4.69, 9.17) is 28.9 Å². The second-order valence-electron chi connectivity index (χ2n) is 4.16. The molecule has 21 heavy (non-hydrogen) atoms. The maximum Gasteiger partial charge on any atom is 0.257 e. The molecular formula is C16H12Cl2N2O. The molecule has 5 heteroatoms. The van der Waals surface area contributed by atoms with Crippen molar-refractivity contribution in [3.8, 4) is 11.8 Å². The Balaban J connectivity index is 2.19. The minimum Gasteiger partial charge on any atom is -0.322 e. The fourth-order valence-corrected chi connectivity index (χ4v) is 2.19. The highest BCUT2D eigenvalue weighted by Crippen LogP contribution is 2.22. The van der Waals surface area contributed by atoms with E-state index >= 15 is 0 Å². The largest absolute Gasteiger partial charge is 0.322 e. The Morgan fingerprint density at radius 2 is 2.00 bits per heavy atom. The molecular weight excluding hydrogens is 307 g/mol. The Bertz CT molecular complexity index is 733. The van der Waals surface area contributed by atoms with Gasteiger partial charge in [0.15, 0.2) is 0 Å². The maximum atomic E-state index is 12.2. The standard InChI is InChI=1S/C16H12Cl2N2O/c17-12-6-7-14(15(18)10-12)16(21)20-13-5-1-3-11(9-13)4-2-8-19/h1,3,5-7,9-10H,8,19H2,(H,20,21). The lowest BCUT2D eigenvalue weighted by Gasteiger charge is -2.07. The summed E-state index contributed by atoms with van der Waals surface area (Å²) in [6.07, 6.45) is 0. The van der Waals surface area contributed by atoms with E-state index in [1.54, 1.807) is 30.3 Å². The Hall–Kier alpha value is -1.99. The summed E-state index contributed by atoms with van der Waals surface area (Å²) in [5.74, 6) is 5.36. The first-order valence-electron chi connectivity index (χ1n) is 6.15. The van der Waals surface area contributed by atoms with Crippen molar-refractivity contribution >= 4 is 34.8 Å². The Labute approximate surface area is 133 Å². The lowest BCUT2D eigenvalue weighted by Crippen LogP contribution is -2.12. The van der Waals surface area contributed by atoms with Crippen molar-refractivity contribution in [3.05, 3.63) is 63.6 Å². The number of halogens is 2. The molecule has 1 amide bonds. The zero-order valence-corrected chi connectivity index (χ0v) is 12.5. The molecule has 0 saturated carbocycles. The van der Waals surface area contributed by atoms with Crippen LogP contribution in [0.1, 0.15) is 15.9 Å². The first-order valence-corrected chi connectivity index (χ1v) is 6.91. The third kappa shape index (κ3) is 4.24. The molecule has 2 aromatic rings. The number of benzene rings is 2. The van der Waals surface area contributed by atoms with E-state index < -0.39 is 0 Å². The summed E-state index contributed by atoms with van der Waals surface area (Å²) in [5.41, 5.74) is 7.10. The molecule has 0 fully saturated rings. The molecule has 3 nitrogen and oxygen atoms in total. The van der Waals surface area contributed by atoms with Gasteiger partial charge in [-0.05, 0) is 36.4 Å². The van der Waals surface area contributed by atoms with E-state index in [1.165, 1.54) is 6.07 Å². The number of anilines is 1. The molecule has 0 radical (unpaired) electrons.